The maximum Gasteiger partial charge on any atom is 0.0431 e. The van der Waals surface area contributed by atoms with Gasteiger partial charge < -0.3 is 5.11 Å². The summed E-state index contributed by atoms with van der Waals surface area (Å²) in [5, 5.41) is 8.29. The van der Waals surface area contributed by atoms with Crippen LogP contribution in [0.25, 0.3) is 0 Å². The van der Waals surface area contributed by atoms with Crippen LogP contribution in [-0.2, 0) is 0 Å². The molecule has 0 bridgehead atoms. The summed E-state index contributed by atoms with van der Waals surface area (Å²) < 4.78 is 14.2. The highest BCUT2D eigenvalue weighted by atomic mass is 16.2. The van der Waals surface area contributed by atoms with Gasteiger partial charge in [-0.2, -0.15) is 0 Å². The molecule has 0 saturated heterocycles. The molecule has 0 aromatic heterocycles. The van der Waals surface area contributed by atoms with Crippen LogP contribution in [0.15, 0.2) is 0 Å². The van der Waals surface area contributed by atoms with Crippen LogP contribution in [0.5, 0.6) is 0 Å². The van der Waals surface area contributed by atoms with Gasteiger partial charge in [-0.3, -0.25) is 0 Å². The van der Waals surface area contributed by atoms with Gasteiger partial charge in [0.25, 0.3) is 0 Å². The lowest BCUT2D eigenvalue weighted by atomic mass is 10.3. The fourth-order valence-electron chi connectivity index (χ4n) is 0.256. The minimum absolute atomic E-state index is 0.0547. The van der Waals surface area contributed by atoms with E-state index in [0.717, 1.165) is 0 Å². The summed E-state index contributed by atoms with van der Waals surface area (Å²) in [5.74, 6) is 0. The monoisotopic (exact) mass is 90.1 g/mol. The number of hydrogen-bond acceptors (Lipinski definition) is 1. The largest absolute Gasteiger partial charge is 0.396 e. The van der Waals surface area contributed by atoms with Crippen molar-refractivity contribution in [3.05, 3.63) is 0 Å². The Morgan fingerprint density at radius 1 is 1.83 bits per heavy atom. The lowest BCUT2D eigenvalue weighted by molar-refractivity contribution is 0.284. The maximum atomic E-state index is 8.29. The molecule has 0 aromatic rings. The lowest BCUT2D eigenvalue weighted by Gasteiger charge is -1.85. The normalized spacial score (nSPS) is 16.3. The second-order valence-corrected chi connectivity index (χ2v) is 1.08. The Balaban J connectivity index is 3.37. The minimum atomic E-state index is -1.16. The number of aliphatic hydroxyl groups is 1. The summed E-state index contributed by atoms with van der Waals surface area (Å²) in [7, 11) is 0. The Morgan fingerprint density at radius 3 is 2.67 bits per heavy atom. The smallest absolute Gasteiger partial charge is 0.0431 e. The van der Waals surface area contributed by atoms with Crippen LogP contribution < -0.4 is 0 Å². The van der Waals surface area contributed by atoms with Crippen molar-refractivity contribution in [3.8, 4) is 0 Å². The van der Waals surface area contributed by atoms with Crippen LogP contribution in [0, 0.1) is 0 Å². The third-order valence-electron chi connectivity index (χ3n) is 0.539. The molecule has 0 aliphatic heterocycles. The molecule has 0 saturated carbocycles. The Morgan fingerprint density at radius 2 is 2.50 bits per heavy atom. The van der Waals surface area contributed by atoms with Gasteiger partial charge in [-0.15, -0.1) is 0 Å². The van der Waals surface area contributed by atoms with Crippen molar-refractivity contribution in [1.82, 2.24) is 0 Å². The first-order valence-electron chi connectivity index (χ1n) is 3.23. The third-order valence-corrected chi connectivity index (χ3v) is 0.539. The first-order valence-corrected chi connectivity index (χ1v) is 2.23. The molecule has 0 aliphatic rings. The second-order valence-electron chi connectivity index (χ2n) is 1.08. The maximum absolute atomic E-state index is 8.29. The van der Waals surface area contributed by atoms with E-state index in [0.29, 0.717) is 6.42 Å². The SMILES string of the molecule is [2H]C([2H])(CC)CCO. The first kappa shape index (κ1) is 3.03. The van der Waals surface area contributed by atoms with Gasteiger partial charge in [0.1, 0.15) is 0 Å². The Kier molecular flexibility index (Phi) is 2.50. The zero-order valence-electron chi connectivity index (χ0n) is 6.07. The topological polar surface area (TPSA) is 20.2 Å². The van der Waals surface area contributed by atoms with Gasteiger partial charge in [-0.1, -0.05) is 19.7 Å². The zero-order chi connectivity index (χ0) is 6.62. The van der Waals surface area contributed by atoms with E-state index in [-0.39, 0.29) is 13.0 Å². The zero-order valence-corrected chi connectivity index (χ0v) is 4.07. The van der Waals surface area contributed by atoms with Crippen LogP contribution in [0.1, 0.15) is 28.9 Å². The molecule has 6 heavy (non-hydrogen) atoms. The predicted octanol–water partition coefficient (Wildman–Crippen LogP) is 1.17. The molecular weight excluding hydrogens is 76.1 g/mol. The van der Waals surface area contributed by atoms with E-state index in [4.69, 9.17) is 7.85 Å². The van der Waals surface area contributed by atoms with Gasteiger partial charge in [0.05, 0.1) is 0 Å². The average molecular weight is 90.2 g/mol. The van der Waals surface area contributed by atoms with Crippen molar-refractivity contribution in [3.63, 3.8) is 0 Å². The predicted molar refractivity (Wildman–Crippen MR) is 26.6 cm³/mol. The van der Waals surface area contributed by atoms with Crippen LogP contribution in [-0.4, -0.2) is 11.7 Å². The van der Waals surface area contributed by atoms with E-state index in [1.807, 2.05) is 0 Å². The lowest BCUT2D eigenvalue weighted by Crippen LogP contribution is -1.78. The van der Waals surface area contributed by atoms with Gasteiger partial charge in [0, 0.05) is 9.35 Å². The summed E-state index contributed by atoms with van der Waals surface area (Å²) in [6.07, 6.45) is -0.425. The minimum Gasteiger partial charge on any atom is -0.396 e. The molecule has 1 N–H and O–H groups in total. The average Bonchev–Trinajstić information content (AvgIpc) is 1.67. The van der Waals surface area contributed by atoms with E-state index in [1.54, 1.807) is 6.92 Å². The first-order chi connectivity index (χ1) is 3.62. The van der Waals surface area contributed by atoms with Crippen LogP contribution in [0.2, 0.25) is 0 Å². The Bertz CT molecular complexity index is 63.4. The van der Waals surface area contributed by atoms with Gasteiger partial charge >= 0.3 is 0 Å². The third kappa shape index (κ3) is 3.96. The van der Waals surface area contributed by atoms with Gasteiger partial charge in [0.2, 0.25) is 0 Å². The molecule has 0 radical (unpaired) electrons. The number of hydrogen-bond donors (Lipinski definition) is 1. The van der Waals surface area contributed by atoms with Crippen LogP contribution in [0.4, 0.5) is 0 Å². The second kappa shape index (κ2) is 4.96. The molecule has 0 aromatic carbocycles. The molecule has 0 rings (SSSR count). The number of rotatable bonds is 3. The highest BCUT2D eigenvalue weighted by Gasteiger charge is 1.76. The van der Waals surface area contributed by atoms with E-state index in [9.17, 15) is 0 Å². The Labute approximate surface area is 41.8 Å². The Hall–Kier alpha value is -0.0400. The summed E-state index contributed by atoms with van der Waals surface area (Å²) >= 11 is 0. The molecular formula is C5H12O. The quantitative estimate of drug-likeness (QED) is 0.551. The fourth-order valence-corrected chi connectivity index (χ4v) is 0.256. The molecule has 0 atom stereocenters. The van der Waals surface area contributed by atoms with Crippen molar-refractivity contribution in [2.24, 2.45) is 0 Å². The van der Waals surface area contributed by atoms with Crippen LogP contribution in [0.3, 0.4) is 0 Å². The van der Waals surface area contributed by atoms with Crippen LogP contribution >= 0.6 is 0 Å². The highest BCUT2D eigenvalue weighted by Crippen LogP contribution is 1.89. The van der Waals surface area contributed by atoms with Crippen molar-refractivity contribution >= 4 is 0 Å². The highest BCUT2D eigenvalue weighted by molar-refractivity contribution is 4.30. The van der Waals surface area contributed by atoms with Gasteiger partial charge in [0.15, 0.2) is 0 Å². The number of aliphatic hydroxyl groups excluding tert-OH is 1. The van der Waals surface area contributed by atoms with Gasteiger partial charge in [-0.25, -0.2) is 0 Å². The van der Waals surface area contributed by atoms with Gasteiger partial charge in [-0.05, 0) is 6.42 Å². The molecule has 0 spiro atoms. The standard InChI is InChI=1S/C5H12O/c1-2-3-4-5-6/h6H,2-5H2,1H3/i3D2. The molecule has 0 unspecified atom stereocenters. The molecule has 0 amide bonds. The molecule has 1 nitrogen and oxygen atoms in total. The van der Waals surface area contributed by atoms with E-state index < -0.39 is 6.37 Å². The van der Waals surface area contributed by atoms with E-state index >= 15 is 0 Å². The molecule has 0 aliphatic carbocycles. The van der Waals surface area contributed by atoms with E-state index in [1.165, 1.54) is 0 Å². The summed E-state index contributed by atoms with van der Waals surface area (Å²) in [6.45, 7) is 1.72. The summed E-state index contributed by atoms with van der Waals surface area (Å²) in [6, 6.07) is 0. The molecule has 1 heteroatoms. The van der Waals surface area contributed by atoms with Crippen molar-refractivity contribution in [2.75, 3.05) is 6.61 Å². The van der Waals surface area contributed by atoms with Crippen molar-refractivity contribution < 1.29 is 7.85 Å². The molecule has 38 valence electrons. The molecule has 0 fully saturated rings. The molecule has 0 heterocycles. The van der Waals surface area contributed by atoms with E-state index in [2.05, 4.69) is 0 Å². The van der Waals surface area contributed by atoms with Crippen molar-refractivity contribution in [2.45, 2.75) is 26.1 Å². The summed E-state index contributed by atoms with van der Waals surface area (Å²) in [4.78, 5) is 0. The summed E-state index contributed by atoms with van der Waals surface area (Å²) in [5.41, 5.74) is 0. The fraction of sp³-hybridized carbons (Fsp3) is 1.00. The van der Waals surface area contributed by atoms with Crippen molar-refractivity contribution in [1.29, 1.82) is 0 Å².